The Morgan fingerprint density at radius 2 is 2.14 bits per heavy atom. The van der Waals surface area contributed by atoms with Gasteiger partial charge in [-0.05, 0) is 30.7 Å². The number of hydrogen-bond donors (Lipinski definition) is 0. The number of benzene rings is 1. The molecule has 4 nitrogen and oxygen atoms in total. The first-order valence-electron chi connectivity index (χ1n) is 6.87. The summed E-state index contributed by atoms with van der Waals surface area (Å²) in [6.07, 6.45) is 4.70. The monoisotopic (exact) mass is 366 g/mol. The van der Waals surface area contributed by atoms with E-state index in [4.69, 9.17) is 11.6 Å². The van der Waals surface area contributed by atoms with Gasteiger partial charge in [0.05, 0.1) is 23.8 Å². The minimum Gasteiger partial charge on any atom is -0.326 e. The molecule has 0 saturated heterocycles. The van der Waals surface area contributed by atoms with E-state index in [0.717, 1.165) is 40.8 Å². The lowest BCUT2D eigenvalue weighted by Gasteiger charge is -2.09. The van der Waals surface area contributed by atoms with Crippen molar-refractivity contribution in [2.45, 2.75) is 26.4 Å². The van der Waals surface area contributed by atoms with Crippen LogP contribution in [0.5, 0.6) is 0 Å². The lowest BCUT2D eigenvalue weighted by atomic mass is 10.3. The molecule has 0 atom stereocenters. The van der Waals surface area contributed by atoms with Crippen molar-refractivity contribution >= 4 is 38.6 Å². The molecule has 0 unspecified atom stereocenters. The molecule has 0 saturated carbocycles. The quantitative estimate of drug-likeness (QED) is 0.643. The van der Waals surface area contributed by atoms with Crippen LogP contribution in [0.4, 0.5) is 0 Å². The van der Waals surface area contributed by atoms with Crippen LogP contribution in [-0.2, 0) is 19.5 Å². The van der Waals surface area contributed by atoms with Crippen molar-refractivity contribution in [3.05, 3.63) is 46.5 Å². The summed E-state index contributed by atoms with van der Waals surface area (Å²) in [5.74, 6) is 1.60. The molecular weight excluding hydrogens is 352 g/mol. The van der Waals surface area contributed by atoms with Crippen LogP contribution in [0.2, 0.25) is 0 Å². The molecule has 3 aromatic rings. The topological polar surface area (TPSA) is 35.6 Å². The van der Waals surface area contributed by atoms with Gasteiger partial charge >= 0.3 is 0 Å². The normalized spacial score (nSPS) is 11.4. The van der Waals surface area contributed by atoms with Crippen molar-refractivity contribution in [2.75, 3.05) is 5.88 Å². The predicted molar refractivity (Wildman–Crippen MR) is 88.8 cm³/mol. The SMILES string of the molecule is Cc1cnn(CCn2c(CCCl)nc3ccc(Br)cc32)c1. The average Bonchev–Trinajstić information content (AvgIpc) is 3.01. The zero-order valence-electron chi connectivity index (χ0n) is 11.8. The van der Waals surface area contributed by atoms with Gasteiger partial charge in [-0.15, -0.1) is 11.6 Å². The fraction of sp³-hybridized carbons (Fsp3) is 0.333. The van der Waals surface area contributed by atoms with E-state index in [0.29, 0.717) is 5.88 Å². The summed E-state index contributed by atoms with van der Waals surface area (Å²) in [4.78, 5) is 4.69. The van der Waals surface area contributed by atoms with Crippen molar-refractivity contribution < 1.29 is 0 Å². The van der Waals surface area contributed by atoms with Crippen LogP contribution in [0, 0.1) is 6.92 Å². The minimum atomic E-state index is 0.575. The predicted octanol–water partition coefficient (Wildman–Crippen LogP) is 3.79. The molecule has 0 aliphatic carbocycles. The smallest absolute Gasteiger partial charge is 0.111 e. The molecule has 3 rings (SSSR count). The summed E-state index contributed by atoms with van der Waals surface area (Å²) in [6, 6.07) is 6.15. The summed E-state index contributed by atoms with van der Waals surface area (Å²) in [5, 5.41) is 4.34. The highest BCUT2D eigenvalue weighted by molar-refractivity contribution is 9.10. The molecule has 1 aromatic carbocycles. The Kier molecular flexibility index (Phi) is 4.31. The number of halogens is 2. The van der Waals surface area contributed by atoms with Gasteiger partial charge in [0.25, 0.3) is 0 Å². The van der Waals surface area contributed by atoms with Crippen molar-refractivity contribution in [2.24, 2.45) is 0 Å². The van der Waals surface area contributed by atoms with Crippen LogP contribution < -0.4 is 0 Å². The van der Waals surface area contributed by atoms with Crippen molar-refractivity contribution in [3.63, 3.8) is 0 Å². The van der Waals surface area contributed by atoms with E-state index in [1.807, 2.05) is 29.9 Å². The number of nitrogens with zero attached hydrogens (tertiary/aromatic N) is 4. The van der Waals surface area contributed by atoms with E-state index in [-0.39, 0.29) is 0 Å². The molecule has 0 fully saturated rings. The van der Waals surface area contributed by atoms with Crippen LogP contribution >= 0.6 is 27.5 Å². The number of aromatic nitrogens is 4. The summed E-state index contributed by atoms with van der Waals surface area (Å²) in [6.45, 7) is 3.70. The number of imidazole rings is 1. The third-order valence-electron chi connectivity index (χ3n) is 3.42. The van der Waals surface area contributed by atoms with Gasteiger partial charge in [-0.3, -0.25) is 4.68 Å². The Balaban J connectivity index is 1.94. The maximum Gasteiger partial charge on any atom is 0.111 e. The van der Waals surface area contributed by atoms with Crippen LogP contribution in [0.3, 0.4) is 0 Å². The molecule has 21 heavy (non-hydrogen) atoms. The molecule has 6 heteroatoms. The largest absolute Gasteiger partial charge is 0.326 e. The van der Waals surface area contributed by atoms with Crippen molar-refractivity contribution in [1.29, 1.82) is 0 Å². The second-order valence-electron chi connectivity index (χ2n) is 5.03. The summed E-state index contributed by atoms with van der Waals surface area (Å²) >= 11 is 9.44. The highest BCUT2D eigenvalue weighted by Gasteiger charge is 2.11. The third kappa shape index (κ3) is 3.14. The minimum absolute atomic E-state index is 0.575. The Bertz CT molecular complexity index is 762. The van der Waals surface area contributed by atoms with Gasteiger partial charge in [0.1, 0.15) is 5.82 Å². The fourth-order valence-electron chi connectivity index (χ4n) is 2.46. The lowest BCUT2D eigenvalue weighted by molar-refractivity contribution is 0.529. The molecule has 110 valence electrons. The van der Waals surface area contributed by atoms with Gasteiger partial charge < -0.3 is 4.57 Å². The van der Waals surface area contributed by atoms with E-state index in [1.165, 1.54) is 5.56 Å². The maximum absolute atomic E-state index is 5.91. The highest BCUT2D eigenvalue weighted by atomic mass is 79.9. The first-order chi connectivity index (χ1) is 10.2. The zero-order valence-corrected chi connectivity index (χ0v) is 14.1. The van der Waals surface area contributed by atoms with Gasteiger partial charge in [0, 0.05) is 29.5 Å². The van der Waals surface area contributed by atoms with Gasteiger partial charge in [-0.1, -0.05) is 15.9 Å². The van der Waals surface area contributed by atoms with Crippen LogP contribution in [0.15, 0.2) is 35.1 Å². The van der Waals surface area contributed by atoms with Crippen molar-refractivity contribution in [1.82, 2.24) is 19.3 Å². The molecule has 0 bridgehead atoms. The van der Waals surface area contributed by atoms with E-state index in [9.17, 15) is 0 Å². The van der Waals surface area contributed by atoms with Crippen LogP contribution in [0.25, 0.3) is 11.0 Å². The van der Waals surface area contributed by atoms with E-state index < -0.39 is 0 Å². The Hall–Kier alpha value is -1.33. The van der Waals surface area contributed by atoms with E-state index in [1.54, 1.807) is 0 Å². The molecule has 0 N–H and O–H groups in total. The van der Waals surface area contributed by atoms with Gasteiger partial charge in [-0.25, -0.2) is 4.98 Å². The molecule has 0 spiro atoms. The lowest BCUT2D eigenvalue weighted by Crippen LogP contribution is -2.11. The number of alkyl halides is 1. The highest BCUT2D eigenvalue weighted by Crippen LogP contribution is 2.21. The second-order valence-corrected chi connectivity index (χ2v) is 6.33. The van der Waals surface area contributed by atoms with Crippen LogP contribution in [0.1, 0.15) is 11.4 Å². The molecular formula is C15H16BrClN4. The third-order valence-corrected chi connectivity index (χ3v) is 4.10. The summed E-state index contributed by atoms with van der Waals surface area (Å²) in [5.41, 5.74) is 3.32. The molecule has 0 amide bonds. The second kappa shape index (κ2) is 6.20. The number of hydrogen-bond acceptors (Lipinski definition) is 2. The maximum atomic E-state index is 5.91. The Labute approximate surface area is 136 Å². The van der Waals surface area contributed by atoms with Gasteiger partial charge in [0.15, 0.2) is 0 Å². The van der Waals surface area contributed by atoms with E-state index >= 15 is 0 Å². The Morgan fingerprint density at radius 3 is 2.86 bits per heavy atom. The fourth-order valence-corrected chi connectivity index (χ4v) is 2.98. The van der Waals surface area contributed by atoms with E-state index in [2.05, 4.69) is 42.8 Å². The summed E-state index contributed by atoms with van der Waals surface area (Å²) in [7, 11) is 0. The number of rotatable bonds is 5. The van der Waals surface area contributed by atoms with Gasteiger partial charge in [-0.2, -0.15) is 5.10 Å². The Morgan fingerprint density at radius 1 is 1.29 bits per heavy atom. The number of fused-ring (bicyclic) bond motifs is 1. The van der Waals surface area contributed by atoms with Crippen LogP contribution in [-0.4, -0.2) is 25.2 Å². The first kappa shape index (κ1) is 14.6. The molecule has 0 aliphatic heterocycles. The van der Waals surface area contributed by atoms with Crippen molar-refractivity contribution in [3.8, 4) is 0 Å². The number of aryl methyl sites for hydroxylation is 4. The molecule has 0 aliphatic rings. The van der Waals surface area contributed by atoms with Gasteiger partial charge in [0.2, 0.25) is 0 Å². The zero-order chi connectivity index (χ0) is 14.8. The molecule has 2 heterocycles. The summed E-state index contributed by atoms with van der Waals surface area (Å²) < 4.78 is 5.26. The average molecular weight is 368 g/mol. The standard InChI is InChI=1S/C15H16BrClN4/c1-11-9-18-20(10-11)6-7-21-14-8-12(16)2-3-13(14)19-15(21)4-5-17/h2-3,8-10H,4-7H2,1H3. The molecule has 2 aromatic heterocycles. The molecule has 0 radical (unpaired) electrons. The first-order valence-corrected chi connectivity index (χ1v) is 8.20.